The maximum atomic E-state index is 12.2. The molecule has 0 aromatic heterocycles. The van der Waals surface area contributed by atoms with Crippen LogP contribution in [0.3, 0.4) is 0 Å². The molecule has 1 aliphatic rings. The summed E-state index contributed by atoms with van der Waals surface area (Å²) in [5.41, 5.74) is 0. The van der Waals surface area contributed by atoms with Gasteiger partial charge in [-0.05, 0) is 0 Å². The van der Waals surface area contributed by atoms with Crippen LogP contribution in [0.25, 0.3) is 0 Å². The van der Waals surface area contributed by atoms with E-state index in [2.05, 4.69) is 35.6 Å². The van der Waals surface area contributed by atoms with Crippen LogP contribution in [0.4, 0.5) is 0 Å². The minimum Gasteiger partial charge on any atom is -0.387 e. The van der Waals surface area contributed by atoms with Crippen molar-refractivity contribution in [2.24, 2.45) is 0 Å². The van der Waals surface area contributed by atoms with E-state index < -0.39 is 99.2 Å². The number of phosphoric ester groups is 5. The minimum absolute atomic E-state index is 3.36. The SMILES string of the molecule is O=P(O)(O)O[C@@H]1[C@@H](OP(=O)(O)OP(=O)(O)O)[C@@H](OP(=O)(O)OP(=O)(O)O)[C@@H](O)[C@H](OP(=O)(O)OP(=O)(O)O)[C@H]1OP(=O)(O)O. The number of aliphatic hydroxyl groups excluding tert-OH is 1. The Balaban J connectivity index is 4.05. The molecule has 0 bridgehead atoms. The second kappa shape index (κ2) is 14.4. The fourth-order valence-corrected chi connectivity index (χ4v) is 9.43. The molecule has 38 heteroatoms. The van der Waals surface area contributed by atoms with Gasteiger partial charge in [-0.3, -0.25) is 22.6 Å². The molecule has 1 rings (SSSR count). The predicted molar refractivity (Wildman–Crippen MR) is 123 cm³/mol. The van der Waals surface area contributed by atoms with Crippen molar-refractivity contribution >= 4 is 62.6 Å². The van der Waals surface area contributed by atoms with Crippen LogP contribution in [0.2, 0.25) is 0 Å². The molecule has 14 N–H and O–H groups in total. The standard InChI is InChI=1S/C6H20O30P8/c7-1-2(31-42(23,24)34-39(14,15)16)4(29-37(8,9)10)6(30-38(11,12)13)5(33-44(27,28)36-41(20,21)22)3(1)32-43(25,26)35-40(17,18)19/h1-7H,(H,23,24)(H,25,26)(H,27,28)(H2,8,9,10)(H2,11,12,13)(H2,14,15,16)(H2,17,18,19)(H2,20,21,22)/t1-,2-,3-,4+,5-,6-/m0/s1. The zero-order valence-corrected chi connectivity index (χ0v) is 27.0. The molecule has 1 fully saturated rings. The Hall–Kier alpha value is 0.960. The predicted octanol–water partition coefficient (Wildman–Crippen LogP) is -2.90. The third-order valence-electron chi connectivity index (χ3n) is 3.88. The minimum atomic E-state index is -6.50. The maximum Gasteiger partial charge on any atom is 0.481 e. The maximum absolute atomic E-state index is 12.2. The lowest BCUT2D eigenvalue weighted by Crippen LogP contribution is -2.66. The summed E-state index contributed by atoms with van der Waals surface area (Å²) in [6, 6.07) is 0. The highest BCUT2D eigenvalue weighted by Crippen LogP contribution is 2.64. The van der Waals surface area contributed by atoms with E-state index in [1.165, 1.54) is 0 Å². The monoisotopic (exact) mass is 820 g/mol. The summed E-state index contributed by atoms with van der Waals surface area (Å²) in [7, 11) is -50.2. The highest BCUT2D eigenvalue weighted by molar-refractivity contribution is 7.61. The Kier molecular flexibility index (Phi) is 14.1. The Morgan fingerprint density at radius 2 is 0.523 bits per heavy atom. The van der Waals surface area contributed by atoms with Crippen molar-refractivity contribution < 1.29 is 141 Å². The van der Waals surface area contributed by atoms with Gasteiger partial charge in [-0.1, -0.05) is 0 Å². The van der Waals surface area contributed by atoms with Crippen molar-refractivity contribution in [1.82, 2.24) is 0 Å². The highest BCUT2D eigenvalue weighted by atomic mass is 31.3. The lowest BCUT2D eigenvalue weighted by atomic mass is 9.85. The van der Waals surface area contributed by atoms with Crippen LogP contribution >= 0.6 is 62.6 Å². The Morgan fingerprint density at radius 1 is 0.318 bits per heavy atom. The molecule has 0 aliphatic heterocycles. The van der Waals surface area contributed by atoms with Gasteiger partial charge in [-0.2, -0.15) is 12.9 Å². The van der Waals surface area contributed by atoms with E-state index in [-0.39, 0.29) is 0 Å². The first-order chi connectivity index (χ1) is 19.0. The van der Waals surface area contributed by atoms with Gasteiger partial charge in [0, 0.05) is 0 Å². The van der Waals surface area contributed by atoms with Crippen LogP contribution < -0.4 is 0 Å². The van der Waals surface area contributed by atoms with Gasteiger partial charge in [0.15, 0.2) is 0 Å². The van der Waals surface area contributed by atoms with E-state index in [1.807, 2.05) is 0 Å². The molecule has 0 saturated heterocycles. The number of phosphoric acid groups is 8. The molecule has 0 heterocycles. The van der Waals surface area contributed by atoms with Crippen LogP contribution in [0, 0.1) is 0 Å². The molecule has 0 aromatic carbocycles. The Bertz CT molecular complexity index is 1400. The second-order valence-electron chi connectivity index (χ2n) is 7.44. The third-order valence-corrected chi connectivity index (χ3v) is 11.5. The molecule has 30 nitrogen and oxygen atoms in total. The molecule has 0 spiro atoms. The Morgan fingerprint density at radius 3 is 0.750 bits per heavy atom. The topological polar surface area (TPSA) is 494 Å². The van der Waals surface area contributed by atoms with Gasteiger partial charge in [0.25, 0.3) is 0 Å². The van der Waals surface area contributed by atoms with Gasteiger partial charge >= 0.3 is 62.6 Å². The van der Waals surface area contributed by atoms with Crippen molar-refractivity contribution in [2.75, 3.05) is 0 Å². The third kappa shape index (κ3) is 16.4. The molecule has 44 heavy (non-hydrogen) atoms. The van der Waals surface area contributed by atoms with Gasteiger partial charge in [0.1, 0.15) is 36.6 Å². The van der Waals surface area contributed by atoms with E-state index in [9.17, 15) is 75.9 Å². The number of aliphatic hydroxyl groups is 1. The molecule has 0 aromatic rings. The van der Waals surface area contributed by atoms with Gasteiger partial charge in [0.2, 0.25) is 0 Å². The average Bonchev–Trinajstić information content (AvgIpc) is 2.63. The van der Waals surface area contributed by atoms with E-state index in [0.717, 1.165) is 0 Å². The molecular formula is C6H20O30P8. The summed E-state index contributed by atoms with van der Waals surface area (Å²) in [6.45, 7) is 0. The van der Waals surface area contributed by atoms with Crippen molar-refractivity contribution in [3.05, 3.63) is 0 Å². The van der Waals surface area contributed by atoms with Crippen LogP contribution in [0.5, 0.6) is 0 Å². The van der Waals surface area contributed by atoms with Crippen LogP contribution in [0.15, 0.2) is 0 Å². The van der Waals surface area contributed by atoms with Crippen molar-refractivity contribution in [2.45, 2.75) is 36.6 Å². The number of hydrogen-bond acceptors (Lipinski definition) is 17. The summed E-state index contributed by atoms with van der Waals surface area (Å²) < 4.78 is 124. The summed E-state index contributed by atoms with van der Waals surface area (Å²) >= 11 is 0. The first-order valence-corrected chi connectivity index (χ1v) is 21.6. The van der Waals surface area contributed by atoms with E-state index >= 15 is 0 Å². The zero-order chi connectivity index (χ0) is 35.1. The summed E-state index contributed by atoms with van der Waals surface area (Å²) in [5, 5.41) is 10.7. The molecular weight excluding hydrogens is 800 g/mol. The van der Waals surface area contributed by atoms with Crippen molar-refractivity contribution in [3.8, 4) is 0 Å². The lowest BCUT2D eigenvalue weighted by Gasteiger charge is -2.47. The highest BCUT2D eigenvalue weighted by Gasteiger charge is 2.62. The smallest absolute Gasteiger partial charge is 0.387 e. The molecule has 0 radical (unpaired) electrons. The number of rotatable bonds is 16. The summed E-state index contributed by atoms with van der Waals surface area (Å²) in [4.78, 5) is 119. The zero-order valence-electron chi connectivity index (χ0n) is 19.8. The van der Waals surface area contributed by atoms with Gasteiger partial charge < -0.3 is 68.7 Å². The Labute approximate surface area is 240 Å². The van der Waals surface area contributed by atoms with Crippen LogP contribution in [-0.4, -0.2) is 105 Å². The summed E-state index contributed by atoms with van der Waals surface area (Å²) in [6.07, 6.45) is -20.5. The first kappa shape index (κ1) is 43.0. The van der Waals surface area contributed by atoms with Gasteiger partial charge in [-0.15, -0.1) is 0 Å². The van der Waals surface area contributed by atoms with Crippen molar-refractivity contribution in [1.29, 1.82) is 0 Å². The molecule has 1 aliphatic carbocycles. The van der Waals surface area contributed by atoms with Gasteiger partial charge in [-0.25, -0.2) is 36.5 Å². The van der Waals surface area contributed by atoms with E-state index in [1.54, 1.807) is 0 Å². The van der Waals surface area contributed by atoms with Crippen LogP contribution in [0.1, 0.15) is 0 Å². The molecule has 3 unspecified atom stereocenters. The fourth-order valence-electron chi connectivity index (χ4n) is 2.98. The van der Waals surface area contributed by atoms with Crippen molar-refractivity contribution in [3.63, 3.8) is 0 Å². The quantitative estimate of drug-likeness (QED) is 0.0694. The summed E-state index contributed by atoms with van der Waals surface area (Å²) in [5.74, 6) is 0. The van der Waals surface area contributed by atoms with Crippen LogP contribution in [-0.2, 0) is 72.1 Å². The average molecular weight is 820 g/mol. The van der Waals surface area contributed by atoms with E-state index in [4.69, 9.17) is 29.4 Å². The number of hydrogen-bond donors (Lipinski definition) is 14. The normalized spacial score (nSPS) is 30.2. The first-order valence-electron chi connectivity index (χ1n) is 9.51. The molecule has 264 valence electrons. The van der Waals surface area contributed by atoms with Gasteiger partial charge in [0.05, 0.1) is 0 Å². The lowest BCUT2D eigenvalue weighted by molar-refractivity contribution is -0.205. The molecule has 9 atom stereocenters. The largest absolute Gasteiger partial charge is 0.481 e. The second-order valence-corrected chi connectivity index (χ2v) is 18.2. The molecule has 0 amide bonds. The molecule has 1 saturated carbocycles. The van der Waals surface area contributed by atoms with E-state index in [0.29, 0.717) is 0 Å². The fraction of sp³-hybridized carbons (Fsp3) is 1.00.